The van der Waals surface area contributed by atoms with Crippen LogP contribution >= 0.6 is 11.6 Å². The molecule has 2 aromatic rings. The molecule has 0 aliphatic heterocycles. The zero-order valence-corrected chi connectivity index (χ0v) is 13.3. The maximum Gasteiger partial charge on any atom is 0.199 e. The molecule has 2 rings (SSSR count). The lowest BCUT2D eigenvalue weighted by atomic mass is 9.99. The van der Waals surface area contributed by atoms with Crippen molar-refractivity contribution in [2.45, 2.75) is 24.7 Å². The minimum absolute atomic E-state index is 0.0248. The number of sulfone groups is 1. The molecule has 21 heavy (non-hydrogen) atoms. The predicted molar refractivity (Wildman–Crippen MR) is 78.6 cm³/mol. The molecule has 0 bridgehead atoms. The van der Waals surface area contributed by atoms with Gasteiger partial charge in [-0.2, -0.15) is 0 Å². The average Bonchev–Trinajstić information content (AvgIpc) is 2.86. The molecular formula is C14H14ClNO4S. The Morgan fingerprint density at radius 3 is 2.48 bits per heavy atom. The van der Waals surface area contributed by atoms with Gasteiger partial charge in [0.15, 0.2) is 15.6 Å². The summed E-state index contributed by atoms with van der Waals surface area (Å²) in [4.78, 5) is 12.5. The highest BCUT2D eigenvalue weighted by Crippen LogP contribution is 2.26. The molecule has 0 amide bonds. The normalized spacial score (nSPS) is 11.9. The van der Waals surface area contributed by atoms with Crippen molar-refractivity contribution < 1.29 is 17.7 Å². The molecule has 0 saturated carbocycles. The van der Waals surface area contributed by atoms with E-state index in [-0.39, 0.29) is 27.2 Å². The molecule has 0 spiro atoms. The second-order valence-electron chi connectivity index (χ2n) is 5.01. The first-order valence-corrected chi connectivity index (χ1v) is 8.47. The summed E-state index contributed by atoms with van der Waals surface area (Å²) in [7, 11) is -3.37. The Kier molecular flexibility index (Phi) is 4.20. The Labute approximate surface area is 127 Å². The van der Waals surface area contributed by atoms with Gasteiger partial charge >= 0.3 is 0 Å². The number of aromatic nitrogens is 1. The first kappa shape index (κ1) is 15.7. The van der Waals surface area contributed by atoms with Gasteiger partial charge in [-0.25, -0.2) is 8.42 Å². The number of hydrogen-bond acceptors (Lipinski definition) is 5. The number of rotatable bonds is 4. The second kappa shape index (κ2) is 5.61. The SMILES string of the molecule is CC(C)c1nocc1C(=O)c1ccc(S(C)(=O)=O)cc1Cl. The van der Waals surface area contributed by atoms with E-state index >= 15 is 0 Å². The highest BCUT2D eigenvalue weighted by atomic mass is 35.5. The summed E-state index contributed by atoms with van der Waals surface area (Å²) < 4.78 is 27.8. The standard InChI is InChI=1S/C14H14ClNO4S/c1-8(2)13-11(7-20-16-13)14(17)10-5-4-9(6-12(10)15)21(3,18)19/h4-8H,1-3H3. The maximum atomic E-state index is 12.5. The molecule has 0 fully saturated rings. The first-order valence-electron chi connectivity index (χ1n) is 6.20. The Bertz CT molecular complexity index is 793. The molecule has 0 N–H and O–H groups in total. The molecular weight excluding hydrogens is 314 g/mol. The number of hydrogen-bond donors (Lipinski definition) is 0. The smallest absolute Gasteiger partial charge is 0.199 e. The lowest BCUT2D eigenvalue weighted by Crippen LogP contribution is -2.07. The molecule has 0 aliphatic rings. The first-order chi connectivity index (χ1) is 9.71. The van der Waals surface area contributed by atoms with Gasteiger partial charge in [0.2, 0.25) is 0 Å². The minimum Gasteiger partial charge on any atom is -0.364 e. The fourth-order valence-electron chi connectivity index (χ4n) is 1.89. The van der Waals surface area contributed by atoms with E-state index in [2.05, 4.69) is 5.16 Å². The second-order valence-corrected chi connectivity index (χ2v) is 7.43. The van der Waals surface area contributed by atoms with Crippen molar-refractivity contribution in [2.75, 3.05) is 6.26 Å². The van der Waals surface area contributed by atoms with E-state index in [1.807, 2.05) is 13.8 Å². The monoisotopic (exact) mass is 327 g/mol. The quantitative estimate of drug-likeness (QED) is 0.806. The van der Waals surface area contributed by atoms with Gasteiger partial charge in [0, 0.05) is 11.8 Å². The lowest BCUT2D eigenvalue weighted by Gasteiger charge is -2.06. The van der Waals surface area contributed by atoms with Crippen LogP contribution in [0, 0.1) is 0 Å². The Hall–Kier alpha value is -1.66. The summed E-state index contributed by atoms with van der Waals surface area (Å²) >= 11 is 6.04. The van der Waals surface area contributed by atoms with Crippen molar-refractivity contribution in [1.29, 1.82) is 0 Å². The summed E-state index contributed by atoms with van der Waals surface area (Å²) in [5.74, 6) is -0.318. The van der Waals surface area contributed by atoms with E-state index in [0.717, 1.165) is 6.26 Å². The molecule has 0 aliphatic carbocycles. The molecule has 5 nitrogen and oxygen atoms in total. The van der Waals surface area contributed by atoms with Crippen molar-refractivity contribution in [3.8, 4) is 0 Å². The number of halogens is 1. The van der Waals surface area contributed by atoms with Crippen LogP contribution < -0.4 is 0 Å². The van der Waals surface area contributed by atoms with E-state index in [1.54, 1.807) is 0 Å². The van der Waals surface area contributed by atoms with Gasteiger partial charge in [-0.3, -0.25) is 4.79 Å². The van der Waals surface area contributed by atoms with Gasteiger partial charge in [0.05, 0.1) is 21.2 Å². The van der Waals surface area contributed by atoms with Crippen LogP contribution in [0.1, 0.15) is 41.4 Å². The number of nitrogens with zero attached hydrogens (tertiary/aromatic N) is 1. The zero-order chi connectivity index (χ0) is 15.8. The fourth-order valence-corrected chi connectivity index (χ4v) is 2.87. The van der Waals surface area contributed by atoms with E-state index in [9.17, 15) is 13.2 Å². The van der Waals surface area contributed by atoms with Gasteiger partial charge in [-0.1, -0.05) is 30.6 Å². The van der Waals surface area contributed by atoms with Crippen LogP contribution in [-0.4, -0.2) is 25.6 Å². The molecule has 112 valence electrons. The topological polar surface area (TPSA) is 77.2 Å². The van der Waals surface area contributed by atoms with E-state index in [1.165, 1.54) is 24.5 Å². The van der Waals surface area contributed by atoms with Gasteiger partial charge in [-0.05, 0) is 24.1 Å². The molecule has 0 atom stereocenters. The predicted octanol–water partition coefficient (Wildman–Crippen LogP) is 3.09. The van der Waals surface area contributed by atoms with E-state index in [0.29, 0.717) is 11.3 Å². The van der Waals surface area contributed by atoms with Gasteiger partial charge in [-0.15, -0.1) is 0 Å². The largest absolute Gasteiger partial charge is 0.364 e. The number of carbonyl (C=O) groups is 1. The number of benzene rings is 1. The lowest BCUT2D eigenvalue weighted by molar-refractivity contribution is 0.103. The Morgan fingerprint density at radius 1 is 1.29 bits per heavy atom. The zero-order valence-electron chi connectivity index (χ0n) is 11.8. The molecule has 0 saturated heterocycles. The van der Waals surface area contributed by atoms with Crippen LogP contribution in [0.2, 0.25) is 5.02 Å². The molecule has 1 heterocycles. The highest BCUT2D eigenvalue weighted by Gasteiger charge is 2.22. The van der Waals surface area contributed by atoms with Crippen molar-refractivity contribution in [3.63, 3.8) is 0 Å². The van der Waals surface area contributed by atoms with Crippen LogP contribution in [0.4, 0.5) is 0 Å². The van der Waals surface area contributed by atoms with Crippen LogP contribution in [-0.2, 0) is 9.84 Å². The van der Waals surface area contributed by atoms with Crippen LogP contribution in [0.15, 0.2) is 33.9 Å². The summed E-state index contributed by atoms with van der Waals surface area (Å²) in [6.45, 7) is 3.78. The summed E-state index contributed by atoms with van der Waals surface area (Å²) in [6, 6.07) is 4.03. The Morgan fingerprint density at radius 2 is 1.95 bits per heavy atom. The van der Waals surface area contributed by atoms with Crippen LogP contribution in [0.25, 0.3) is 0 Å². The van der Waals surface area contributed by atoms with Gasteiger partial charge < -0.3 is 4.52 Å². The van der Waals surface area contributed by atoms with Crippen molar-refractivity contribution in [3.05, 3.63) is 46.3 Å². The number of ketones is 1. The maximum absolute atomic E-state index is 12.5. The van der Waals surface area contributed by atoms with Crippen molar-refractivity contribution in [2.24, 2.45) is 0 Å². The number of carbonyl (C=O) groups excluding carboxylic acids is 1. The van der Waals surface area contributed by atoms with Crippen LogP contribution in [0.5, 0.6) is 0 Å². The molecule has 1 aromatic heterocycles. The summed E-state index contributed by atoms with van der Waals surface area (Å²) in [5.41, 5.74) is 1.09. The molecule has 7 heteroatoms. The average molecular weight is 328 g/mol. The summed E-state index contributed by atoms with van der Waals surface area (Å²) in [6.07, 6.45) is 2.36. The summed E-state index contributed by atoms with van der Waals surface area (Å²) in [5, 5.41) is 3.90. The van der Waals surface area contributed by atoms with Gasteiger partial charge in [0.25, 0.3) is 0 Å². The molecule has 0 radical (unpaired) electrons. The highest BCUT2D eigenvalue weighted by molar-refractivity contribution is 7.90. The third kappa shape index (κ3) is 3.16. The Balaban J connectivity index is 2.48. The van der Waals surface area contributed by atoms with Crippen LogP contribution in [0.3, 0.4) is 0 Å². The van der Waals surface area contributed by atoms with Crippen molar-refractivity contribution in [1.82, 2.24) is 5.16 Å². The van der Waals surface area contributed by atoms with E-state index < -0.39 is 9.84 Å². The third-order valence-electron chi connectivity index (χ3n) is 3.00. The third-order valence-corrected chi connectivity index (χ3v) is 4.43. The molecule has 0 unspecified atom stereocenters. The molecule has 1 aromatic carbocycles. The minimum atomic E-state index is -3.37. The van der Waals surface area contributed by atoms with Gasteiger partial charge in [0.1, 0.15) is 6.26 Å². The van der Waals surface area contributed by atoms with Crippen molar-refractivity contribution >= 4 is 27.2 Å². The van der Waals surface area contributed by atoms with E-state index in [4.69, 9.17) is 16.1 Å². The fraction of sp³-hybridized carbons (Fsp3) is 0.286.